The molecule has 0 unspecified atom stereocenters. The average Bonchev–Trinajstić information content (AvgIpc) is 3.55. The van der Waals surface area contributed by atoms with Gasteiger partial charge in [0.1, 0.15) is 0 Å². The van der Waals surface area contributed by atoms with Gasteiger partial charge in [-0.05, 0) is 49.0 Å². The third-order valence-electron chi connectivity index (χ3n) is 5.98. The van der Waals surface area contributed by atoms with Crippen molar-refractivity contribution in [2.75, 3.05) is 23.7 Å². The number of fused-ring (bicyclic) bond motifs is 1. The normalized spacial score (nSPS) is 20.5. The number of piperidine rings is 1. The van der Waals surface area contributed by atoms with Crippen molar-refractivity contribution in [2.45, 2.75) is 50.3 Å². The van der Waals surface area contributed by atoms with Gasteiger partial charge in [0.2, 0.25) is 0 Å². The quantitative estimate of drug-likeness (QED) is 0.809. The predicted molar refractivity (Wildman–Crippen MR) is 107 cm³/mol. The number of hydrogen-bond donors (Lipinski definition) is 0. The van der Waals surface area contributed by atoms with Crippen LogP contribution in [-0.2, 0) is 18.7 Å². The van der Waals surface area contributed by atoms with Gasteiger partial charge in [-0.1, -0.05) is 0 Å². The highest BCUT2D eigenvalue weighted by atomic mass is 32.2. The summed E-state index contributed by atoms with van der Waals surface area (Å²) in [4.78, 5) is 19.2. The maximum absolute atomic E-state index is 12.4. The van der Waals surface area contributed by atoms with Crippen LogP contribution in [-0.4, -0.2) is 38.6 Å². The lowest BCUT2D eigenvalue weighted by atomic mass is 9.96. The summed E-state index contributed by atoms with van der Waals surface area (Å²) in [6.45, 7) is 2.73. The van der Waals surface area contributed by atoms with Crippen molar-refractivity contribution < 1.29 is 0 Å². The first-order valence-corrected chi connectivity index (χ1v) is 11.2. The monoisotopic (exact) mass is 383 g/mol. The average molecular weight is 384 g/mol. The third kappa shape index (κ3) is 3.74. The fourth-order valence-corrected chi connectivity index (χ4v) is 5.04. The number of hydrogen-bond acceptors (Lipinski definition) is 6. The van der Waals surface area contributed by atoms with E-state index >= 15 is 0 Å². The van der Waals surface area contributed by atoms with Gasteiger partial charge in [-0.2, -0.15) is 16.9 Å². The Morgan fingerprint density at radius 3 is 2.74 bits per heavy atom. The molecule has 4 heterocycles. The van der Waals surface area contributed by atoms with Gasteiger partial charge in [0.05, 0.1) is 17.7 Å². The van der Waals surface area contributed by atoms with Crippen LogP contribution in [0.2, 0.25) is 0 Å². The highest BCUT2D eigenvalue weighted by Gasteiger charge is 2.26. The standard InChI is InChI=1S/C20H25N5OS/c26-20-10-18(15-1-2-15)21-13-25(20)11-14-3-6-24(7-4-14)19-9-16-12-27-8-5-17(16)22-23-19/h9-10,13-15H,1-8,11-12H2. The summed E-state index contributed by atoms with van der Waals surface area (Å²) in [6, 6.07) is 3.98. The van der Waals surface area contributed by atoms with Gasteiger partial charge in [-0.3, -0.25) is 9.36 Å². The molecular formula is C20H25N5OS. The molecule has 0 amide bonds. The molecule has 0 bridgehead atoms. The van der Waals surface area contributed by atoms with E-state index in [0.717, 1.165) is 61.9 Å². The van der Waals surface area contributed by atoms with Crippen LogP contribution in [0.25, 0.3) is 0 Å². The van der Waals surface area contributed by atoms with Crippen LogP contribution in [0.15, 0.2) is 23.3 Å². The number of aryl methyl sites for hydroxylation is 1. The Labute approximate surface area is 163 Å². The fraction of sp³-hybridized carbons (Fsp3) is 0.600. The summed E-state index contributed by atoms with van der Waals surface area (Å²) in [6.07, 6.45) is 7.31. The second kappa shape index (κ2) is 7.26. The zero-order valence-corrected chi connectivity index (χ0v) is 16.3. The van der Waals surface area contributed by atoms with Gasteiger partial charge in [0, 0.05) is 43.8 Å². The fourth-order valence-electron chi connectivity index (χ4n) is 4.09. The van der Waals surface area contributed by atoms with Crippen molar-refractivity contribution in [1.82, 2.24) is 19.7 Å². The Hall–Kier alpha value is -1.89. The van der Waals surface area contributed by atoms with Crippen LogP contribution in [0.5, 0.6) is 0 Å². The van der Waals surface area contributed by atoms with E-state index in [0.29, 0.717) is 11.8 Å². The summed E-state index contributed by atoms with van der Waals surface area (Å²) < 4.78 is 1.79. The molecule has 0 spiro atoms. The van der Waals surface area contributed by atoms with Gasteiger partial charge in [-0.25, -0.2) is 4.98 Å². The van der Waals surface area contributed by atoms with Gasteiger partial charge < -0.3 is 4.90 Å². The van der Waals surface area contributed by atoms with Crippen molar-refractivity contribution in [2.24, 2.45) is 5.92 Å². The van der Waals surface area contributed by atoms with E-state index in [1.807, 2.05) is 11.8 Å². The maximum atomic E-state index is 12.4. The van der Waals surface area contributed by atoms with Crippen LogP contribution in [0.3, 0.4) is 0 Å². The summed E-state index contributed by atoms with van der Waals surface area (Å²) in [5.41, 5.74) is 3.61. The predicted octanol–water partition coefficient (Wildman–Crippen LogP) is 2.62. The van der Waals surface area contributed by atoms with Crippen molar-refractivity contribution >= 4 is 17.6 Å². The van der Waals surface area contributed by atoms with E-state index in [-0.39, 0.29) is 5.56 Å². The summed E-state index contributed by atoms with van der Waals surface area (Å²) in [5, 5.41) is 8.93. The third-order valence-corrected chi connectivity index (χ3v) is 6.99. The molecule has 0 atom stereocenters. The Kier molecular flexibility index (Phi) is 4.63. The lowest BCUT2D eigenvalue weighted by Crippen LogP contribution is -2.37. The highest BCUT2D eigenvalue weighted by molar-refractivity contribution is 7.98. The molecule has 2 aliphatic heterocycles. The van der Waals surface area contributed by atoms with Gasteiger partial charge in [0.25, 0.3) is 5.56 Å². The van der Waals surface area contributed by atoms with E-state index < -0.39 is 0 Å². The molecule has 0 aromatic carbocycles. The van der Waals surface area contributed by atoms with Gasteiger partial charge in [-0.15, -0.1) is 5.10 Å². The minimum Gasteiger partial charge on any atom is -0.355 e. The molecular weight excluding hydrogens is 358 g/mol. The first kappa shape index (κ1) is 17.2. The molecule has 6 nitrogen and oxygen atoms in total. The molecule has 2 aromatic heterocycles. The molecule has 0 N–H and O–H groups in total. The lowest BCUT2D eigenvalue weighted by molar-refractivity contribution is 0.349. The molecule has 2 aromatic rings. The minimum atomic E-state index is 0.104. The number of anilines is 1. The number of rotatable bonds is 4. The van der Waals surface area contributed by atoms with Crippen LogP contribution in [0.4, 0.5) is 5.82 Å². The van der Waals surface area contributed by atoms with E-state index in [1.165, 1.54) is 24.1 Å². The molecule has 142 valence electrons. The van der Waals surface area contributed by atoms with Crippen molar-refractivity contribution in [3.8, 4) is 0 Å². The molecule has 5 rings (SSSR count). The van der Waals surface area contributed by atoms with Gasteiger partial charge >= 0.3 is 0 Å². The first-order valence-electron chi connectivity index (χ1n) is 10.0. The second-order valence-corrected chi connectivity index (χ2v) is 9.09. The van der Waals surface area contributed by atoms with Crippen LogP contribution in [0, 0.1) is 5.92 Å². The van der Waals surface area contributed by atoms with Crippen molar-refractivity contribution in [1.29, 1.82) is 0 Å². The largest absolute Gasteiger partial charge is 0.355 e. The maximum Gasteiger partial charge on any atom is 0.253 e. The zero-order chi connectivity index (χ0) is 18.2. The van der Waals surface area contributed by atoms with Gasteiger partial charge in [0.15, 0.2) is 5.82 Å². The Morgan fingerprint density at radius 1 is 1.11 bits per heavy atom. The number of thioether (sulfide) groups is 1. The number of aromatic nitrogens is 4. The molecule has 1 aliphatic carbocycles. The Balaban J connectivity index is 1.21. The molecule has 27 heavy (non-hydrogen) atoms. The van der Waals surface area contributed by atoms with E-state index in [2.05, 4.69) is 26.1 Å². The van der Waals surface area contributed by atoms with Crippen LogP contribution in [0.1, 0.15) is 48.6 Å². The molecule has 3 aliphatic rings. The second-order valence-electron chi connectivity index (χ2n) is 7.99. The molecule has 1 saturated heterocycles. The molecule has 2 fully saturated rings. The zero-order valence-electron chi connectivity index (χ0n) is 15.5. The van der Waals surface area contributed by atoms with E-state index in [1.54, 1.807) is 17.0 Å². The van der Waals surface area contributed by atoms with E-state index in [9.17, 15) is 4.79 Å². The summed E-state index contributed by atoms with van der Waals surface area (Å²) >= 11 is 1.98. The summed E-state index contributed by atoms with van der Waals surface area (Å²) in [5.74, 6) is 4.28. The first-order chi connectivity index (χ1) is 13.3. The lowest BCUT2D eigenvalue weighted by Gasteiger charge is -2.33. The molecule has 7 heteroatoms. The van der Waals surface area contributed by atoms with Crippen molar-refractivity contribution in [3.63, 3.8) is 0 Å². The Bertz CT molecular complexity index is 886. The number of nitrogens with zero attached hydrogens (tertiary/aromatic N) is 5. The topological polar surface area (TPSA) is 63.9 Å². The molecule has 0 radical (unpaired) electrons. The SMILES string of the molecule is O=c1cc(C2CC2)ncn1CC1CCN(c2cc3c(nn2)CCSC3)CC1. The van der Waals surface area contributed by atoms with Crippen LogP contribution >= 0.6 is 11.8 Å². The minimum absolute atomic E-state index is 0.104. The Morgan fingerprint density at radius 2 is 1.96 bits per heavy atom. The summed E-state index contributed by atoms with van der Waals surface area (Å²) in [7, 11) is 0. The van der Waals surface area contributed by atoms with Crippen molar-refractivity contribution in [3.05, 3.63) is 45.8 Å². The highest BCUT2D eigenvalue weighted by Crippen LogP contribution is 2.38. The smallest absolute Gasteiger partial charge is 0.253 e. The van der Waals surface area contributed by atoms with Crippen LogP contribution < -0.4 is 10.5 Å². The van der Waals surface area contributed by atoms with E-state index in [4.69, 9.17) is 0 Å². The molecule has 1 saturated carbocycles.